The molecule has 1 heterocycles. The second-order valence-electron chi connectivity index (χ2n) is 3.12. The van der Waals surface area contributed by atoms with Crippen LogP contribution in [0.15, 0.2) is 17.3 Å². The van der Waals surface area contributed by atoms with Gasteiger partial charge in [0.05, 0.1) is 5.92 Å². The van der Waals surface area contributed by atoms with Crippen LogP contribution in [0.3, 0.4) is 0 Å². The summed E-state index contributed by atoms with van der Waals surface area (Å²) in [4.78, 5) is 15.2. The number of hydrogen-bond acceptors (Lipinski definition) is 2. The topological polar surface area (TPSA) is 29.4 Å². The molecule has 1 aliphatic rings. The molecule has 0 aliphatic carbocycles. The Balaban J connectivity index is 2.28. The lowest BCUT2D eigenvalue weighted by Crippen LogP contribution is -2.15. The molecule has 1 unspecified atom stereocenters. The Morgan fingerprint density at radius 3 is 3.00 bits per heavy atom. The summed E-state index contributed by atoms with van der Waals surface area (Å²) in [6, 6.07) is 0. The van der Waals surface area contributed by atoms with E-state index >= 15 is 0 Å². The molecule has 0 radical (unpaired) electrons. The van der Waals surface area contributed by atoms with Crippen molar-refractivity contribution in [3.63, 3.8) is 0 Å². The smallest absolute Gasteiger partial charge is 0.165 e. The molecule has 0 aromatic heterocycles. The lowest BCUT2D eigenvalue weighted by molar-refractivity contribution is -0.116. The van der Waals surface area contributed by atoms with Gasteiger partial charge in [-0.1, -0.05) is 26.2 Å². The standard InChI is InChI=1S/C10H15NO/c1-2-3-4-5-9-8-11-7-6-10(9)12/h6-9H,2-5H2,1H3. The normalized spacial score (nSPS) is 21.8. The summed E-state index contributed by atoms with van der Waals surface area (Å²) in [7, 11) is 0. The Bertz CT molecular complexity index is 206. The number of rotatable bonds is 4. The summed E-state index contributed by atoms with van der Waals surface area (Å²) in [5.74, 6) is 0.266. The van der Waals surface area contributed by atoms with Crippen LogP contribution in [0.5, 0.6) is 0 Å². The van der Waals surface area contributed by atoms with E-state index in [1.165, 1.54) is 12.8 Å². The third kappa shape index (κ3) is 2.61. The minimum atomic E-state index is 0.0570. The molecule has 1 rings (SSSR count). The van der Waals surface area contributed by atoms with E-state index in [1.807, 2.05) is 0 Å². The fourth-order valence-corrected chi connectivity index (χ4v) is 1.30. The second kappa shape index (κ2) is 4.86. The molecular weight excluding hydrogens is 150 g/mol. The summed E-state index contributed by atoms with van der Waals surface area (Å²) in [6.07, 6.45) is 9.40. The Morgan fingerprint density at radius 2 is 2.33 bits per heavy atom. The molecule has 0 saturated carbocycles. The van der Waals surface area contributed by atoms with Crippen LogP contribution in [-0.2, 0) is 4.79 Å². The molecule has 0 amide bonds. The summed E-state index contributed by atoms with van der Waals surface area (Å²) in [5, 5.41) is 0. The van der Waals surface area contributed by atoms with Gasteiger partial charge in [-0.15, -0.1) is 0 Å². The summed E-state index contributed by atoms with van der Waals surface area (Å²) in [6.45, 7) is 2.16. The number of allylic oxidation sites excluding steroid dienone is 1. The van der Waals surface area contributed by atoms with Crippen molar-refractivity contribution < 1.29 is 4.79 Å². The van der Waals surface area contributed by atoms with Crippen molar-refractivity contribution in [3.8, 4) is 0 Å². The Morgan fingerprint density at radius 1 is 1.50 bits per heavy atom. The first kappa shape index (κ1) is 9.17. The first-order chi connectivity index (χ1) is 5.84. The van der Waals surface area contributed by atoms with Crippen molar-refractivity contribution >= 4 is 12.0 Å². The van der Waals surface area contributed by atoms with Gasteiger partial charge in [0, 0.05) is 18.5 Å². The predicted octanol–water partition coefficient (Wildman–Crippen LogP) is 2.35. The molecule has 66 valence electrons. The highest BCUT2D eigenvalue weighted by Crippen LogP contribution is 2.12. The zero-order chi connectivity index (χ0) is 8.81. The molecule has 0 N–H and O–H groups in total. The molecule has 1 atom stereocenters. The predicted molar refractivity (Wildman–Crippen MR) is 50.3 cm³/mol. The molecule has 0 fully saturated rings. The lowest BCUT2D eigenvalue weighted by Gasteiger charge is -2.09. The molecule has 0 spiro atoms. The molecule has 12 heavy (non-hydrogen) atoms. The Labute approximate surface area is 73.4 Å². The number of unbranched alkanes of at least 4 members (excludes halogenated alkanes) is 2. The van der Waals surface area contributed by atoms with Crippen molar-refractivity contribution in [2.24, 2.45) is 10.9 Å². The van der Waals surface area contributed by atoms with Crippen LogP contribution in [0.1, 0.15) is 32.6 Å². The van der Waals surface area contributed by atoms with E-state index in [9.17, 15) is 4.79 Å². The zero-order valence-corrected chi connectivity index (χ0v) is 7.49. The highest BCUT2D eigenvalue weighted by atomic mass is 16.1. The molecule has 2 nitrogen and oxygen atoms in total. The van der Waals surface area contributed by atoms with E-state index < -0.39 is 0 Å². The molecular formula is C10H15NO. The maximum Gasteiger partial charge on any atom is 0.165 e. The monoisotopic (exact) mass is 165 g/mol. The maximum atomic E-state index is 11.2. The van der Waals surface area contributed by atoms with Gasteiger partial charge in [-0.05, 0) is 6.42 Å². The van der Waals surface area contributed by atoms with Crippen LogP contribution in [0.25, 0.3) is 0 Å². The van der Waals surface area contributed by atoms with Crippen LogP contribution in [0.2, 0.25) is 0 Å². The molecule has 0 bridgehead atoms. The van der Waals surface area contributed by atoms with E-state index in [1.54, 1.807) is 18.5 Å². The van der Waals surface area contributed by atoms with Gasteiger partial charge in [0.15, 0.2) is 5.78 Å². The number of hydrogen-bond donors (Lipinski definition) is 0. The van der Waals surface area contributed by atoms with E-state index in [0.717, 1.165) is 12.8 Å². The Hall–Kier alpha value is -0.920. The third-order valence-electron chi connectivity index (χ3n) is 2.08. The highest BCUT2D eigenvalue weighted by molar-refractivity contribution is 6.03. The summed E-state index contributed by atoms with van der Waals surface area (Å²) < 4.78 is 0. The maximum absolute atomic E-state index is 11.2. The molecule has 1 aliphatic heterocycles. The van der Waals surface area contributed by atoms with Crippen LogP contribution >= 0.6 is 0 Å². The molecule has 0 aromatic rings. The van der Waals surface area contributed by atoms with Crippen molar-refractivity contribution in [1.82, 2.24) is 0 Å². The van der Waals surface area contributed by atoms with Crippen molar-refractivity contribution in [2.75, 3.05) is 0 Å². The minimum absolute atomic E-state index is 0.0570. The van der Waals surface area contributed by atoms with Gasteiger partial charge in [0.1, 0.15) is 0 Å². The third-order valence-corrected chi connectivity index (χ3v) is 2.08. The largest absolute Gasteiger partial charge is 0.294 e. The second-order valence-corrected chi connectivity index (χ2v) is 3.12. The van der Waals surface area contributed by atoms with E-state index in [4.69, 9.17) is 0 Å². The number of aliphatic imine (C=N–C) groups is 1. The lowest BCUT2D eigenvalue weighted by atomic mass is 9.97. The molecule has 0 saturated heterocycles. The summed E-state index contributed by atoms with van der Waals surface area (Å²) >= 11 is 0. The van der Waals surface area contributed by atoms with Gasteiger partial charge in [0.2, 0.25) is 0 Å². The van der Waals surface area contributed by atoms with E-state index in [2.05, 4.69) is 11.9 Å². The molecule has 2 heteroatoms. The zero-order valence-electron chi connectivity index (χ0n) is 7.49. The quantitative estimate of drug-likeness (QED) is 0.588. The number of carbonyl (C=O) groups is 1. The van der Waals surface area contributed by atoms with Crippen LogP contribution in [-0.4, -0.2) is 12.0 Å². The van der Waals surface area contributed by atoms with Crippen molar-refractivity contribution in [1.29, 1.82) is 0 Å². The molecule has 0 aromatic carbocycles. The van der Waals surface area contributed by atoms with E-state index in [0.29, 0.717) is 0 Å². The average Bonchev–Trinajstić information content (AvgIpc) is 2.09. The number of carbonyl (C=O) groups excluding carboxylic acids is 1. The number of nitrogens with zero attached hydrogens (tertiary/aromatic N) is 1. The van der Waals surface area contributed by atoms with Crippen molar-refractivity contribution in [2.45, 2.75) is 32.6 Å². The van der Waals surface area contributed by atoms with Gasteiger partial charge < -0.3 is 0 Å². The number of ketones is 1. The van der Waals surface area contributed by atoms with Gasteiger partial charge in [-0.25, -0.2) is 0 Å². The fourth-order valence-electron chi connectivity index (χ4n) is 1.30. The van der Waals surface area contributed by atoms with E-state index in [-0.39, 0.29) is 11.7 Å². The van der Waals surface area contributed by atoms with Crippen LogP contribution < -0.4 is 0 Å². The highest BCUT2D eigenvalue weighted by Gasteiger charge is 2.14. The van der Waals surface area contributed by atoms with Gasteiger partial charge in [-0.2, -0.15) is 0 Å². The minimum Gasteiger partial charge on any atom is -0.294 e. The summed E-state index contributed by atoms with van der Waals surface area (Å²) in [5.41, 5.74) is 0. The first-order valence-electron chi connectivity index (χ1n) is 4.58. The fraction of sp³-hybridized carbons (Fsp3) is 0.600. The van der Waals surface area contributed by atoms with Crippen LogP contribution in [0.4, 0.5) is 0 Å². The first-order valence-corrected chi connectivity index (χ1v) is 4.58. The van der Waals surface area contributed by atoms with Gasteiger partial charge >= 0.3 is 0 Å². The van der Waals surface area contributed by atoms with Gasteiger partial charge in [0.25, 0.3) is 0 Å². The average molecular weight is 165 g/mol. The van der Waals surface area contributed by atoms with Gasteiger partial charge in [-0.3, -0.25) is 9.79 Å². The SMILES string of the molecule is CCCCCC1C=NC=CC1=O. The van der Waals surface area contributed by atoms with Crippen LogP contribution in [0, 0.1) is 5.92 Å². The Kier molecular flexibility index (Phi) is 3.71. The van der Waals surface area contributed by atoms with Crippen molar-refractivity contribution in [3.05, 3.63) is 12.3 Å².